The van der Waals surface area contributed by atoms with Gasteiger partial charge in [-0.15, -0.1) is 0 Å². The highest BCUT2D eigenvalue weighted by molar-refractivity contribution is 9.12. The zero-order valence-corrected chi connectivity index (χ0v) is 39.1. The SMILES string of the molecule is CC1(C)C(/C=C/C(Br)=C/C=C2/N(CCC[N+](C)(C)C)c3ccc(Br)cc3C2(C)C)=[N+](CCC[N+](C)(C)C)c2ccc(Br)cc21.[Br-].[Br-].[Br-]. The number of anilines is 1. The number of benzene rings is 2. The van der Waals surface area contributed by atoms with E-state index in [1.54, 1.807) is 0 Å². The molecule has 0 saturated heterocycles. The van der Waals surface area contributed by atoms with Gasteiger partial charge in [-0.05, 0) is 68.0 Å². The van der Waals surface area contributed by atoms with Crippen LogP contribution >= 0.6 is 47.8 Å². The molecule has 2 aliphatic rings. The second-order valence-corrected chi connectivity index (χ2v) is 18.2. The topological polar surface area (TPSA) is 6.25 Å². The third-order valence-electron chi connectivity index (χ3n) is 8.93. The average molecular weight is 1030 g/mol. The molecule has 0 aliphatic carbocycles. The van der Waals surface area contributed by atoms with Crippen molar-refractivity contribution < 1.29 is 64.5 Å². The van der Waals surface area contributed by atoms with Gasteiger partial charge in [-0.3, -0.25) is 0 Å². The normalized spacial score (nSPS) is 17.8. The summed E-state index contributed by atoms with van der Waals surface area (Å²) in [5.74, 6) is 0. The van der Waals surface area contributed by atoms with E-state index in [9.17, 15) is 0 Å². The van der Waals surface area contributed by atoms with Crippen LogP contribution in [0.25, 0.3) is 0 Å². The first-order chi connectivity index (χ1) is 20.3. The number of fused-ring (bicyclic) bond motifs is 2. The van der Waals surface area contributed by atoms with Crippen LogP contribution in [-0.2, 0) is 10.8 Å². The van der Waals surface area contributed by atoms with Crippen molar-refractivity contribution in [3.05, 3.63) is 91.0 Å². The Kier molecular flexibility index (Phi) is 16.7. The second-order valence-electron chi connectivity index (χ2n) is 15.4. The standard InChI is InChI=1S/C37H52Br3N4.3BrH/c1-36(2)30-25-28(39)13-17-32(30)41(21-11-23-43(5,6)7)34(36)19-15-27(38)16-20-35-37(3,4)31-26-29(40)14-18-33(31)42(35)22-12-24-44(8,9)10;;;/h13-20,25-26H,11-12,21-24H2,1-10H3;3*1H/q+3;;;/p-3. The molecular formula is C37H52Br6N4. The van der Waals surface area contributed by atoms with Crippen molar-refractivity contribution in [2.24, 2.45) is 0 Å². The van der Waals surface area contributed by atoms with E-state index < -0.39 is 0 Å². The highest BCUT2D eigenvalue weighted by Crippen LogP contribution is 2.49. The van der Waals surface area contributed by atoms with Crippen molar-refractivity contribution >= 4 is 64.9 Å². The minimum absolute atomic E-state index is 0. The van der Waals surface area contributed by atoms with Crippen molar-refractivity contribution in [2.45, 2.75) is 51.4 Å². The summed E-state index contributed by atoms with van der Waals surface area (Å²) in [7, 11) is 13.6. The van der Waals surface area contributed by atoms with E-state index in [0.717, 1.165) is 61.4 Å². The fraction of sp³-hybridized carbons (Fsp3) is 0.486. The van der Waals surface area contributed by atoms with Gasteiger partial charge in [0.25, 0.3) is 0 Å². The Morgan fingerprint density at radius 1 is 0.787 bits per heavy atom. The third-order valence-corrected chi connectivity index (χ3v) is 10.4. The number of halogens is 6. The first-order valence-corrected chi connectivity index (χ1v) is 18.1. The number of allylic oxidation sites excluding steroid dienone is 6. The summed E-state index contributed by atoms with van der Waals surface area (Å²) in [6, 6.07) is 13.5. The van der Waals surface area contributed by atoms with Crippen LogP contribution in [0.1, 0.15) is 51.7 Å². The fourth-order valence-corrected chi connectivity index (χ4v) is 7.54. The van der Waals surface area contributed by atoms with Crippen LogP contribution in [0.2, 0.25) is 0 Å². The smallest absolute Gasteiger partial charge is 0.209 e. The summed E-state index contributed by atoms with van der Waals surface area (Å²) < 4.78 is 7.82. The number of hydrogen-bond acceptors (Lipinski definition) is 1. The third kappa shape index (κ3) is 11.0. The average Bonchev–Trinajstić information content (AvgIpc) is 3.22. The molecule has 4 nitrogen and oxygen atoms in total. The Morgan fingerprint density at radius 2 is 1.34 bits per heavy atom. The first kappa shape index (κ1) is 45.0. The molecule has 2 heterocycles. The molecule has 0 saturated carbocycles. The van der Waals surface area contributed by atoms with E-state index in [0.29, 0.717) is 0 Å². The van der Waals surface area contributed by atoms with Crippen LogP contribution in [0, 0.1) is 0 Å². The molecule has 262 valence electrons. The predicted molar refractivity (Wildman–Crippen MR) is 201 cm³/mol. The quantitative estimate of drug-likeness (QED) is 0.179. The second kappa shape index (κ2) is 17.4. The minimum atomic E-state index is -0.0945. The molecule has 2 aromatic rings. The zero-order chi connectivity index (χ0) is 32.7. The summed E-state index contributed by atoms with van der Waals surface area (Å²) >= 11 is 11.4. The van der Waals surface area contributed by atoms with Gasteiger partial charge in [0.1, 0.15) is 0 Å². The van der Waals surface area contributed by atoms with Crippen LogP contribution in [-0.4, -0.2) is 87.7 Å². The number of hydrogen-bond donors (Lipinski definition) is 0. The summed E-state index contributed by atoms with van der Waals surface area (Å²) in [6.45, 7) is 13.7. The van der Waals surface area contributed by atoms with Crippen molar-refractivity contribution in [3.63, 3.8) is 0 Å². The van der Waals surface area contributed by atoms with Crippen LogP contribution in [0.4, 0.5) is 11.4 Å². The largest absolute Gasteiger partial charge is 1.00 e. The van der Waals surface area contributed by atoms with Crippen LogP contribution in [0.15, 0.2) is 79.8 Å². The lowest BCUT2D eigenvalue weighted by Gasteiger charge is -2.29. The molecule has 0 unspecified atom stereocenters. The van der Waals surface area contributed by atoms with Crippen molar-refractivity contribution in [1.82, 2.24) is 0 Å². The van der Waals surface area contributed by atoms with Crippen molar-refractivity contribution in [2.75, 3.05) is 73.4 Å². The Balaban J connectivity index is 0.00000368. The monoisotopic (exact) mass is 1030 g/mol. The molecule has 0 N–H and O–H groups in total. The van der Waals surface area contributed by atoms with Crippen LogP contribution < -0.4 is 55.8 Å². The van der Waals surface area contributed by atoms with Gasteiger partial charge in [0.15, 0.2) is 12.3 Å². The minimum Gasteiger partial charge on any atom is -1.00 e. The summed E-state index contributed by atoms with van der Waals surface area (Å²) in [5.41, 5.74) is 7.88. The van der Waals surface area contributed by atoms with Gasteiger partial charge in [-0.25, -0.2) is 0 Å². The molecule has 0 bridgehead atoms. The number of nitrogens with zero attached hydrogens (tertiary/aromatic N) is 4. The summed E-state index contributed by atoms with van der Waals surface area (Å²) in [5, 5.41) is 0. The molecule has 2 aromatic carbocycles. The lowest BCUT2D eigenvalue weighted by molar-refractivity contribution is -0.871. The maximum Gasteiger partial charge on any atom is 0.209 e. The molecule has 0 atom stereocenters. The summed E-state index contributed by atoms with van der Waals surface area (Å²) in [6.07, 6.45) is 11.4. The number of rotatable bonds is 11. The van der Waals surface area contributed by atoms with Crippen LogP contribution in [0.3, 0.4) is 0 Å². The van der Waals surface area contributed by atoms with Gasteiger partial charge in [-0.2, -0.15) is 4.58 Å². The van der Waals surface area contributed by atoms with Gasteiger partial charge < -0.3 is 64.8 Å². The Morgan fingerprint density at radius 3 is 1.94 bits per heavy atom. The van der Waals surface area contributed by atoms with Crippen molar-refractivity contribution in [3.8, 4) is 0 Å². The van der Waals surface area contributed by atoms with Gasteiger partial charge in [-0.1, -0.05) is 61.6 Å². The lowest BCUT2D eigenvalue weighted by atomic mass is 9.81. The highest BCUT2D eigenvalue weighted by atomic mass is 79.9. The molecule has 0 amide bonds. The Hall–Kier alpha value is -0.0700. The van der Waals surface area contributed by atoms with Gasteiger partial charge in [0.05, 0.1) is 67.2 Å². The summed E-state index contributed by atoms with van der Waals surface area (Å²) in [4.78, 5) is 2.54. The van der Waals surface area contributed by atoms with Gasteiger partial charge in [0.2, 0.25) is 5.69 Å². The molecule has 47 heavy (non-hydrogen) atoms. The van der Waals surface area contributed by atoms with E-state index in [-0.39, 0.29) is 61.8 Å². The van der Waals surface area contributed by atoms with E-state index >= 15 is 0 Å². The lowest BCUT2D eigenvalue weighted by Crippen LogP contribution is -3.00. The highest BCUT2D eigenvalue weighted by Gasteiger charge is 2.44. The maximum atomic E-state index is 3.92. The molecule has 0 aromatic heterocycles. The van der Waals surface area contributed by atoms with Crippen LogP contribution in [0.5, 0.6) is 0 Å². The zero-order valence-electron chi connectivity index (χ0n) is 29.6. The van der Waals surface area contributed by atoms with E-state index in [1.807, 2.05) is 0 Å². The molecule has 2 aliphatic heterocycles. The van der Waals surface area contributed by atoms with E-state index in [1.165, 1.54) is 33.9 Å². The molecular weight excluding hydrogens is 980 g/mol. The maximum absolute atomic E-state index is 3.92. The molecule has 10 heteroatoms. The molecule has 4 rings (SSSR count). The molecule has 0 spiro atoms. The Labute approximate surface area is 341 Å². The fourth-order valence-electron chi connectivity index (χ4n) is 6.56. The molecule has 0 fully saturated rings. The van der Waals surface area contributed by atoms with E-state index in [4.69, 9.17) is 0 Å². The number of quaternary nitrogens is 2. The Bertz CT molecular complexity index is 1520. The van der Waals surface area contributed by atoms with Gasteiger partial charge in [0, 0.05) is 60.9 Å². The predicted octanol–water partition coefficient (Wildman–Crippen LogP) is 0.309. The first-order valence-electron chi connectivity index (χ1n) is 15.7. The molecule has 0 radical (unpaired) electrons. The van der Waals surface area contributed by atoms with E-state index in [2.05, 4.69) is 188 Å². The van der Waals surface area contributed by atoms with Gasteiger partial charge >= 0.3 is 0 Å². The van der Waals surface area contributed by atoms with Crippen molar-refractivity contribution in [1.29, 1.82) is 0 Å².